The first kappa shape index (κ1) is 12.0. The van der Waals surface area contributed by atoms with E-state index < -0.39 is 0 Å². The van der Waals surface area contributed by atoms with Gasteiger partial charge in [-0.15, -0.1) is 0 Å². The molecule has 0 spiro atoms. The molecule has 3 aliphatic heterocycles. The van der Waals surface area contributed by atoms with Crippen LogP contribution in [-0.2, 0) is 9.59 Å². The van der Waals surface area contributed by atoms with E-state index in [9.17, 15) is 9.59 Å². The predicted molar refractivity (Wildman–Crippen MR) is 73.7 cm³/mol. The quantitative estimate of drug-likeness (QED) is 0.762. The molecule has 0 saturated heterocycles. The van der Waals surface area contributed by atoms with Gasteiger partial charge in [0, 0.05) is 6.04 Å². The largest absolute Gasteiger partial charge is 0.336 e. The van der Waals surface area contributed by atoms with E-state index in [0.29, 0.717) is 23.6 Å². The molecule has 1 unspecified atom stereocenters. The number of nitrogens with one attached hydrogen (secondary N) is 2. The van der Waals surface area contributed by atoms with Gasteiger partial charge in [0.15, 0.2) is 0 Å². The maximum atomic E-state index is 12.6. The molecule has 6 nitrogen and oxygen atoms in total. The van der Waals surface area contributed by atoms with Crippen LogP contribution in [0.3, 0.4) is 0 Å². The van der Waals surface area contributed by atoms with Crippen molar-refractivity contribution in [3.8, 4) is 0 Å². The second-order valence-electron chi connectivity index (χ2n) is 6.02. The zero-order valence-electron chi connectivity index (χ0n) is 13.2. The van der Waals surface area contributed by atoms with Crippen LogP contribution in [0.1, 0.15) is 27.7 Å². The molecule has 0 aromatic carbocycles. The third-order valence-corrected chi connectivity index (χ3v) is 3.92. The fourth-order valence-electron chi connectivity index (χ4n) is 2.61. The van der Waals surface area contributed by atoms with Gasteiger partial charge in [0.25, 0.3) is 11.8 Å². The first-order chi connectivity index (χ1) is 9.82. The van der Waals surface area contributed by atoms with Crippen LogP contribution < -0.4 is 10.7 Å². The van der Waals surface area contributed by atoms with Gasteiger partial charge in [-0.3, -0.25) is 9.59 Å². The van der Waals surface area contributed by atoms with Gasteiger partial charge in [0.2, 0.25) is 0 Å². The van der Waals surface area contributed by atoms with E-state index in [1.165, 1.54) is 10.4 Å². The van der Waals surface area contributed by atoms with Gasteiger partial charge in [0.1, 0.15) is 12.9 Å². The number of carbonyl (C=O) groups excluding carboxylic acids is 2. The Labute approximate surface area is 119 Å². The average molecular weight is 277 g/mol. The number of hydrogen-bond acceptors (Lipinski definition) is 4. The number of rotatable bonds is 2. The molecular formula is C14H20N4O2. The smallest absolute Gasteiger partial charge is 0.274 e. The van der Waals surface area contributed by atoms with E-state index >= 15 is 0 Å². The van der Waals surface area contributed by atoms with Crippen molar-refractivity contribution in [2.75, 3.05) is 6.54 Å². The second-order valence-corrected chi connectivity index (χ2v) is 6.02. The molecule has 20 heavy (non-hydrogen) atoms. The molecule has 0 aromatic heterocycles. The number of hydrogen-bond donors (Lipinski definition) is 2. The Morgan fingerprint density at radius 3 is 2.60 bits per heavy atom. The number of amides is 2. The number of carbonyl (C=O) groups is 2. The first-order valence-corrected chi connectivity index (χ1v) is 6.98. The standard InChI is InChI=1S/C14H20N4O2/c1-7(2)10-5-11-15-12-9(13(19)18(11)16-10)6-17(8(3)4)14(12)20/h5,7-8,10,15-16H,6H2,1-4H3/i/hD. The monoisotopic (exact) mass is 277 g/mol. The van der Waals surface area contributed by atoms with Crippen molar-refractivity contribution in [2.24, 2.45) is 5.92 Å². The lowest BCUT2D eigenvalue weighted by Gasteiger charge is -2.27. The summed E-state index contributed by atoms with van der Waals surface area (Å²) < 4.78 is 8.14. The lowest BCUT2D eigenvalue weighted by Crippen LogP contribution is -2.49. The van der Waals surface area contributed by atoms with Gasteiger partial charge in [-0.25, -0.2) is 10.4 Å². The SMILES string of the molecule is [2H]N1C(C(C)C)C=C2NC3=C(CN(C(C)C)C3=O)C(=O)N21. The molecule has 108 valence electrons. The van der Waals surface area contributed by atoms with E-state index in [1.54, 1.807) is 4.90 Å². The van der Waals surface area contributed by atoms with Gasteiger partial charge >= 0.3 is 0 Å². The molecule has 6 heteroatoms. The van der Waals surface area contributed by atoms with E-state index in [1.807, 2.05) is 33.8 Å². The highest BCUT2D eigenvalue weighted by Crippen LogP contribution is 2.29. The van der Waals surface area contributed by atoms with Crippen LogP contribution in [0.4, 0.5) is 0 Å². The number of hydrazine groups is 1. The molecule has 0 fully saturated rings. The molecule has 0 bridgehead atoms. The summed E-state index contributed by atoms with van der Waals surface area (Å²) >= 11 is 0. The van der Waals surface area contributed by atoms with E-state index in [4.69, 9.17) is 1.41 Å². The molecule has 2 N–H and O–H groups in total. The summed E-state index contributed by atoms with van der Waals surface area (Å²) in [6, 6.07) is -0.134. The van der Waals surface area contributed by atoms with Crippen LogP contribution in [-0.4, -0.2) is 40.4 Å². The van der Waals surface area contributed by atoms with Crippen molar-refractivity contribution < 1.29 is 11.0 Å². The Bertz CT molecular complexity index is 582. The molecule has 0 radical (unpaired) electrons. The van der Waals surface area contributed by atoms with Crippen LogP contribution in [0.25, 0.3) is 0 Å². The maximum absolute atomic E-state index is 12.6. The van der Waals surface area contributed by atoms with Crippen LogP contribution in [0, 0.1) is 5.92 Å². The molecular weight excluding hydrogens is 256 g/mol. The molecule has 0 aromatic rings. The van der Waals surface area contributed by atoms with E-state index in [0.717, 1.165) is 0 Å². The highest BCUT2D eigenvalue weighted by atomic mass is 16.2. The minimum atomic E-state index is -0.273. The van der Waals surface area contributed by atoms with Gasteiger partial charge < -0.3 is 10.2 Å². The molecule has 2 amide bonds. The summed E-state index contributed by atoms with van der Waals surface area (Å²) in [6.07, 6.45) is 1.84. The Morgan fingerprint density at radius 1 is 1.30 bits per heavy atom. The van der Waals surface area contributed by atoms with Crippen molar-refractivity contribution in [3.05, 3.63) is 23.2 Å². The van der Waals surface area contributed by atoms with Crippen molar-refractivity contribution >= 4 is 11.8 Å². The van der Waals surface area contributed by atoms with Gasteiger partial charge in [-0.05, 0) is 25.8 Å². The molecule has 1 atom stereocenters. The highest BCUT2D eigenvalue weighted by molar-refractivity contribution is 6.10. The zero-order chi connectivity index (χ0) is 15.5. The van der Waals surface area contributed by atoms with Crippen molar-refractivity contribution in [1.29, 1.82) is 0 Å². The summed E-state index contributed by atoms with van der Waals surface area (Å²) in [5.41, 5.74) is 2.02. The first-order valence-electron chi connectivity index (χ1n) is 7.43. The fraction of sp³-hybridized carbons (Fsp3) is 0.571. The minimum absolute atomic E-state index is 0.0389. The highest BCUT2D eigenvalue weighted by Gasteiger charge is 2.44. The predicted octanol–water partition coefficient (Wildman–Crippen LogP) is 0.307. The number of nitrogens with zero attached hydrogens (tertiary/aromatic N) is 2. The van der Waals surface area contributed by atoms with Crippen molar-refractivity contribution in [3.63, 3.8) is 0 Å². The lowest BCUT2D eigenvalue weighted by molar-refractivity contribution is -0.129. The van der Waals surface area contributed by atoms with Gasteiger partial charge in [0.05, 0.1) is 18.2 Å². The molecule has 0 aliphatic carbocycles. The fourth-order valence-corrected chi connectivity index (χ4v) is 2.61. The Balaban J connectivity index is 1.94. The van der Waals surface area contributed by atoms with E-state index in [-0.39, 0.29) is 29.8 Å². The third kappa shape index (κ3) is 1.75. The molecule has 3 aliphatic rings. The summed E-state index contributed by atoms with van der Waals surface area (Å²) in [5, 5.41) is 4.37. The van der Waals surface area contributed by atoms with Crippen molar-refractivity contribution in [1.82, 2.24) is 20.6 Å². The Kier molecular flexibility index (Phi) is 2.60. The molecule has 3 heterocycles. The van der Waals surface area contributed by atoms with Crippen LogP contribution in [0.2, 0.25) is 1.41 Å². The average Bonchev–Trinajstić information content (AvgIpc) is 2.90. The Hall–Kier alpha value is -1.82. The summed E-state index contributed by atoms with van der Waals surface area (Å²) in [4.78, 5) is 26.6. The third-order valence-electron chi connectivity index (χ3n) is 3.92. The normalized spacial score (nSPS) is 27.2. The molecule has 0 saturated carbocycles. The van der Waals surface area contributed by atoms with Crippen LogP contribution >= 0.6 is 0 Å². The topological polar surface area (TPSA) is 64.7 Å². The van der Waals surface area contributed by atoms with Crippen molar-refractivity contribution in [2.45, 2.75) is 39.8 Å². The Morgan fingerprint density at radius 2 is 2.00 bits per heavy atom. The zero-order valence-corrected chi connectivity index (χ0v) is 12.2. The van der Waals surface area contributed by atoms with E-state index in [2.05, 4.69) is 5.32 Å². The van der Waals surface area contributed by atoms with Gasteiger partial charge in [-0.2, -0.15) is 0 Å². The summed E-state index contributed by atoms with van der Waals surface area (Å²) in [6.45, 7) is 8.15. The van der Waals surface area contributed by atoms with Crippen LogP contribution in [0.5, 0.6) is 0 Å². The minimum Gasteiger partial charge on any atom is -0.336 e. The summed E-state index contributed by atoms with van der Waals surface area (Å²) in [7, 11) is 0. The lowest BCUT2D eigenvalue weighted by atomic mass is 10.1. The number of fused-ring (bicyclic) bond motifs is 1. The maximum Gasteiger partial charge on any atom is 0.274 e. The molecule has 3 rings (SSSR count). The summed E-state index contributed by atoms with van der Waals surface area (Å²) in [5.74, 6) is 0.308. The second kappa shape index (κ2) is 4.34. The van der Waals surface area contributed by atoms with Gasteiger partial charge in [-0.1, -0.05) is 13.8 Å². The van der Waals surface area contributed by atoms with Crippen LogP contribution in [0.15, 0.2) is 23.2 Å².